The molecule has 23 heavy (non-hydrogen) atoms. The minimum Gasteiger partial charge on any atom is -0.379 e. The Hall–Kier alpha value is -1.59. The number of carbonyl (C=O) groups is 1. The largest absolute Gasteiger partial charge is 0.379 e. The topological polar surface area (TPSA) is 43.3 Å². The highest BCUT2D eigenvalue weighted by Crippen LogP contribution is 2.23. The average Bonchev–Trinajstić information content (AvgIpc) is 2.83. The Balaban J connectivity index is 1.86. The molecule has 0 radical (unpaired) electrons. The van der Waals surface area contributed by atoms with Crippen LogP contribution in [0, 0.1) is 13.8 Å². The quantitative estimate of drug-likeness (QED) is 0.885. The van der Waals surface area contributed by atoms with Gasteiger partial charge in [-0.05, 0) is 51.0 Å². The standard InChI is InChI=1S/C18H21BrN2O2/c1-12-9-17(18(22)20-15-6-4-8-23-11-15)13(2)21(12)16-7-3-5-14(19)10-16/h3,5,7,9-10,15H,4,6,8,11H2,1-2H3,(H,20,22). The van der Waals surface area contributed by atoms with E-state index in [4.69, 9.17) is 4.74 Å². The third-order valence-corrected chi connectivity index (χ3v) is 4.73. The second-order valence-corrected chi connectivity index (χ2v) is 6.90. The normalized spacial score (nSPS) is 18.0. The van der Waals surface area contributed by atoms with Gasteiger partial charge in [-0.3, -0.25) is 4.79 Å². The second kappa shape index (κ2) is 6.89. The number of nitrogens with zero attached hydrogens (tertiary/aromatic N) is 1. The van der Waals surface area contributed by atoms with Crippen LogP contribution in [0.2, 0.25) is 0 Å². The zero-order valence-electron chi connectivity index (χ0n) is 13.4. The van der Waals surface area contributed by atoms with E-state index in [-0.39, 0.29) is 11.9 Å². The first kappa shape index (κ1) is 16.3. The molecule has 2 heterocycles. The van der Waals surface area contributed by atoms with E-state index in [0.29, 0.717) is 6.61 Å². The van der Waals surface area contributed by atoms with E-state index in [9.17, 15) is 4.79 Å². The summed E-state index contributed by atoms with van der Waals surface area (Å²) in [5.74, 6) is -0.0187. The van der Waals surface area contributed by atoms with Crippen molar-refractivity contribution < 1.29 is 9.53 Å². The maximum Gasteiger partial charge on any atom is 0.253 e. The van der Waals surface area contributed by atoms with E-state index in [1.54, 1.807) is 0 Å². The lowest BCUT2D eigenvalue weighted by Gasteiger charge is -2.23. The Labute approximate surface area is 145 Å². The van der Waals surface area contributed by atoms with Crippen LogP contribution < -0.4 is 5.32 Å². The lowest BCUT2D eigenvalue weighted by Crippen LogP contribution is -2.40. The molecule has 5 heteroatoms. The van der Waals surface area contributed by atoms with Gasteiger partial charge in [0.1, 0.15) is 0 Å². The minimum absolute atomic E-state index is 0.0187. The molecule has 0 aliphatic carbocycles. The van der Waals surface area contributed by atoms with Crippen molar-refractivity contribution in [3.05, 3.63) is 51.8 Å². The first-order valence-electron chi connectivity index (χ1n) is 7.90. The first-order chi connectivity index (χ1) is 11.1. The van der Waals surface area contributed by atoms with Crippen molar-refractivity contribution in [2.24, 2.45) is 0 Å². The van der Waals surface area contributed by atoms with Gasteiger partial charge in [-0.1, -0.05) is 22.0 Å². The van der Waals surface area contributed by atoms with Crippen molar-refractivity contribution in [3.63, 3.8) is 0 Å². The van der Waals surface area contributed by atoms with Gasteiger partial charge < -0.3 is 14.6 Å². The smallest absolute Gasteiger partial charge is 0.253 e. The van der Waals surface area contributed by atoms with Gasteiger partial charge in [0.05, 0.1) is 18.2 Å². The van der Waals surface area contributed by atoms with Crippen LogP contribution in [0.25, 0.3) is 5.69 Å². The molecule has 1 aromatic carbocycles. The van der Waals surface area contributed by atoms with Crippen LogP contribution in [0.1, 0.15) is 34.6 Å². The lowest BCUT2D eigenvalue weighted by molar-refractivity contribution is 0.0624. The zero-order valence-corrected chi connectivity index (χ0v) is 15.0. The number of amides is 1. The van der Waals surface area contributed by atoms with Gasteiger partial charge in [0, 0.05) is 28.2 Å². The number of rotatable bonds is 3. The molecule has 1 atom stereocenters. The fraction of sp³-hybridized carbons (Fsp3) is 0.389. The summed E-state index contributed by atoms with van der Waals surface area (Å²) in [6.07, 6.45) is 1.98. The number of nitrogens with one attached hydrogen (secondary N) is 1. The molecular weight excluding hydrogens is 356 g/mol. The van der Waals surface area contributed by atoms with Gasteiger partial charge in [-0.15, -0.1) is 0 Å². The molecule has 1 aliphatic rings. The average molecular weight is 377 g/mol. The van der Waals surface area contributed by atoms with Crippen LogP contribution in [0.3, 0.4) is 0 Å². The zero-order chi connectivity index (χ0) is 16.4. The van der Waals surface area contributed by atoms with Crippen LogP contribution in [0.4, 0.5) is 0 Å². The number of ether oxygens (including phenoxy) is 1. The molecule has 1 unspecified atom stereocenters. The predicted molar refractivity (Wildman–Crippen MR) is 94.3 cm³/mol. The molecular formula is C18H21BrN2O2. The van der Waals surface area contributed by atoms with Crippen molar-refractivity contribution in [1.82, 2.24) is 9.88 Å². The van der Waals surface area contributed by atoms with Crippen molar-refractivity contribution in [2.45, 2.75) is 32.7 Å². The van der Waals surface area contributed by atoms with E-state index in [1.165, 1.54) is 0 Å². The number of aromatic nitrogens is 1. The molecule has 3 rings (SSSR count). The van der Waals surface area contributed by atoms with Crippen LogP contribution in [-0.4, -0.2) is 29.7 Å². The van der Waals surface area contributed by atoms with Crippen molar-refractivity contribution in [1.29, 1.82) is 0 Å². The van der Waals surface area contributed by atoms with Crippen molar-refractivity contribution in [3.8, 4) is 5.69 Å². The fourth-order valence-electron chi connectivity index (χ4n) is 3.12. The van der Waals surface area contributed by atoms with E-state index in [2.05, 4.69) is 31.9 Å². The van der Waals surface area contributed by atoms with Gasteiger partial charge in [0.2, 0.25) is 0 Å². The molecule has 1 aliphatic heterocycles. The van der Waals surface area contributed by atoms with E-state index in [0.717, 1.165) is 46.6 Å². The molecule has 1 aromatic heterocycles. The van der Waals surface area contributed by atoms with E-state index < -0.39 is 0 Å². The molecule has 1 amide bonds. The molecule has 0 spiro atoms. The Morgan fingerprint density at radius 1 is 1.35 bits per heavy atom. The van der Waals surface area contributed by atoms with E-state index >= 15 is 0 Å². The monoisotopic (exact) mass is 376 g/mol. The molecule has 1 saturated heterocycles. The molecule has 0 bridgehead atoms. The van der Waals surface area contributed by atoms with Gasteiger partial charge in [0.15, 0.2) is 0 Å². The molecule has 1 N–H and O–H groups in total. The third kappa shape index (κ3) is 3.51. The summed E-state index contributed by atoms with van der Waals surface area (Å²) < 4.78 is 8.56. The summed E-state index contributed by atoms with van der Waals surface area (Å²) in [4.78, 5) is 12.6. The van der Waals surface area contributed by atoms with E-state index in [1.807, 2.05) is 38.1 Å². The van der Waals surface area contributed by atoms with Crippen LogP contribution in [0.15, 0.2) is 34.8 Å². The van der Waals surface area contributed by atoms with Crippen LogP contribution >= 0.6 is 15.9 Å². The second-order valence-electron chi connectivity index (χ2n) is 5.99. The maximum atomic E-state index is 12.6. The highest BCUT2D eigenvalue weighted by molar-refractivity contribution is 9.10. The number of benzene rings is 1. The number of carbonyl (C=O) groups excluding carboxylic acids is 1. The number of aryl methyl sites for hydroxylation is 1. The predicted octanol–water partition coefficient (Wildman–Crippen LogP) is 3.77. The van der Waals surface area contributed by atoms with Crippen molar-refractivity contribution >= 4 is 21.8 Å². The summed E-state index contributed by atoms with van der Waals surface area (Å²) in [6.45, 7) is 5.41. The Morgan fingerprint density at radius 2 is 2.17 bits per heavy atom. The van der Waals surface area contributed by atoms with Crippen LogP contribution in [0.5, 0.6) is 0 Å². The van der Waals surface area contributed by atoms with Gasteiger partial charge in [-0.25, -0.2) is 0 Å². The minimum atomic E-state index is -0.0187. The highest BCUT2D eigenvalue weighted by Gasteiger charge is 2.21. The molecule has 2 aromatic rings. The lowest BCUT2D eigenvalue weighted by atomic mass is 10.1. The summed E-state index contributed by atoms with van der Waals surface area (Å²) in [5, 5.41) is 3.09. The number of hydrogen-bond donors (Lipinski definition) is 1. The fourth-order valence-corrected chi connectivity index (χ4v) is 3.51. The number of halogens is 1. The summed E-state index contributed by atoms with van der Waals surface area (Å²) in [6, 6.07) is 10.2. The first-order valence-corrected chi connectivity index (χ1v) is 8.69. The molecule has 4 nitrogen and oxygen atoms in total. The van der Waals surface area contributed by atoms with Crippen molar-refractivity contribution in [2.75, 3.05) is 13.2 Å². The van der Waals surface area contributed by atoms with Crippen LogP contribution in [-0.2, 0) is 4.74 Å². The maximum absolute atomic E-state index is 12.6. The summed E-state index contributed by atoms with van der Waals surface area (Å²) >= 11 is 3.50. The Bertz CT molecular complexity index is 718. The third-order valence-electron chi connectivity index (χ3n) is 4.24. The summed E-state index contributed by atoms with van der Waals surface area (Å²) in [7, 11) is 0. The van der Waals surface area contributed by atoms with Gasteiger partial charge in [-0.2, -0.15) is 0 Å². The molecule has 1 fully saturated rings. The summed E-state index contributed by atoms with van der Waals surface area (Å²) in [5.41, 5.74) is 3.78. The molecule has 122 valence electrons. The van der Waals surface area contributed by atoms with Gasteiger partial charge >= 0.3 is 0 Å². The Morgan fingerprint density at radius 3 is 2.87 bits per heavy atom. The van der Waals surface area contributed by atoms with Gasteiger partial charge in [0.25, 0.3) is 5.91 Å². The molecule has 0 saturated carbocycles. The highest BCUT2D eigenvalue weighted by atomic mass is 79.9. The Kier molecular flexibility index (Phi) is 4.87. The SMILES string of the molecule is Cc1cc(C(=O)NC2CCCOC2)c(C)n1-c1cccc(Br)c1. The number of hydrogen-bond acceptors (Lipinski definition) is 2.